The van der Waals surface area contributed by atoms with Crippen LogP contribution in [0, 0.1) is 5.82 Å². The summed E-state index contributed by atoms with van der Waals surface area (Å²) in [6, 6.07) is 12.4. The standard InChI is InChI=1S/C21H29FN4O3S/c1-3-23-21(24-11-6-12-29-2)25-15-18-8-5-10-20(14-18)30(27,28)26-16-17-7-4-9-19(22)13-17/h4-5,7-10,13-14,26H,3,6,11-12,15-16H2,1-2H3,(H2,23,24,25). The van der Waals surface area contributed by atoms with E-state index in [2.05, 4.69) is 20.3 Å². The fourth-order valence-corrected chi connectivity index (χ4v) is 3.74. The lowest BCUT2D eigenvalue weighted by Crippen LogP contribution is -2.38. The van der Waals surface area contributed by atoms with Gasteiger partial charge in [0, 0.05) is 33.4 Å². The highest BCUT2D eigenvalue weighted by Crippen LogP contribution is 2.13. The quantitative estimate of drug-likeness (QED) is 0.286. The van der Waals surface area contributed by atoms with E-state index in [0.717, 1.165) is 18.5 Å². The van der Waals surface area contributed by atoms with Crippen molar-refractivity contribution in [1.29, 1.82) is 0 Å². The first-order valence-corrected chi connectivity index (χ1v) is 11.3. The summed E-state index contributed by atoms with van der Waals surface area (Å²) < 4.78 is 46.0. The zero-order valence-corrected chi connectivity index (χ0v) is 18.1. The Balaban J connectivity index is 2.02. The molecule has 0 atom stereocenters. The molecule has 2 aromatic carbocycles. The van der Waals surface area contributed by atoms with Gasteiger partial charge in [0.2, 0.25) is 10.0 Å². The molecular weight excluding hydrogens is 407 g/mol. The first-order chi connectivity index (χ1) is 14.4. The topological polar surface area (TPSA) is 91.8 Å². The maximum absolute atomic E-state index is 13.3. The van der Waals surface area contributed by atoms with E-state index in [1.165, 1.54) is 18.2 Å². The summed E-state index contributed by atoms with van der Waals surface area (Å²) in [4.78, 5) is 4.65. The Hall–Kier alpha value is -2.49. The molecule has 0 bridgehead atoms. The second-order valence-corrected chi connectivity index (χ2v) is 8.34. The summed E-state index contributed by atoms with van der Waals surface area (Å²) in [5, 5.41) is 6.37. The summed E-state index contributed by atoms with van der Waals surface area (Å²) in [6.07, 6.45) is 0.853. The minimum atomic E-state index is -3.73. The van der Waals surface area contributed by atoms with Gasteiger partial charge in [-0.25, -0.2) is 22.5 Å². The minimum Gasteiger partial charge on any atom is -0.385 e. The van der Waals surface area contributed by atoms with Crippen LogP contribution in [-0.4, -0.2) is 41.2 Å². The lowest BCUT2D eigenvalue weighted by atomic mass is 10.2. The Morgan fingerprint density at radius 3 is 2.60 bits per heavy atom. The van der Waals surface area contributed by atoms with Crippen LogP contribution in [-0.2, 0) is 27.8 Å². The second kappa shape index (κ2) is 12.3. The predicted molar refractivity (Wildman–Crippen MR) is 116 cm³/mol. The highest BCUT2D eigenvalue weighted by molar-refractivity contribution is 7.89. The number of hydrogen-bond donors (Lipinski definition) is 3. The molecule has 3 N–H and O–H groups in total. The van der Waals surface area contributed by atoms with E-state index in [1.807, 2.05) is 13.0 Å². The number of halogens is 1. The summed E-state index contributed by atoms with van der Waals surface area (Å²) in [5.74, 6) is 0.255. The molecule has 30 heavy (non-hydrogen) atoms. The number of rotatable bonds is 11. The Bertz CT molecular complexity index is 935. The van der Waals surface area contributed by atoms with Gasteiger partial charge in [-0.2, -0.15) is 0 Å². The number of sulfonamides is 1. The van der Waals surface area contributed by atoms with Crippen molar-refractivity contribution < 1.29 is 17.5 Å². The third kappa shape index (κ3) is 8.10. The van der Waals surface area contributed by atoms with Crippen molar-refractivity contribution in [3.63, 3.8) is 0 Å². The third-order valence-corrected chi connectivity index (χ3v) is 5.54. The highest BCUT2D eigenvalue weighted by Gasteiger charge is 2.14. The zero-order valence-electron chi connectivity index (χ0n) is 17.3. The third-order valence-electron chi connectivity index (χ3n) is 4.15. The maximum atomic E-state index is 13.3. The Kier molecular flexibility index (Phi) is 9.72. The molecule has 9 heteroatoms. The molecule has 164 valence electrons. The van der Waals surface area contributed by atoms with Crippen LogP contribution >= 0.6 is 0 Å². The van der Waals surface area contributed by atoms with E-state index in [4.69, 9.17) is 4.74 Å². The van der Waals surface area contributed by atoms with Crippen LogP contribution in [0.3, 0.4) is 0 Å². The van der Waals surface area contributed by atoms with Crippen LogP contribution in [0.5, 0.6) is 0 Å². The van der Waals surface area contributed by atoms with Gasteiger partial charge in [-0.1, -0.05) is 24.3 Å². The Labute approximate surface area is 177 Å². The molecule has 0 aliphatic carbocycles. The van der Waals surface area contributed by atoms with Crippen LogP contribution in [0.4, 0.5) is 4.39 Å². The normalized spacial score (nSPS) is 12.0. The van der Waals surface area contributed by atoms with Crippen LogP contribution in [0.2, 0.25) is 0 Å². The first-order valence-electron chi connectivity index (χ1n) is 9.78. The first kappa shape index (κ1) is 23.8. The molecule has 0 aliphatic rings. The lowest BCUT2D eigenvalue weighted by molar-refractivity contribution is 0.195. The van der Waals surface area contributed by atoms with E-state index in [0.29, 0.717) is 31.2 Å². The van der Waals surface area contributed by atoms with Gasteiger partial charge in [0.05, 0.1) is 11.4 Å². The van der Waals surface area contributed by atoms with Crippen molar-refractivity contribution in [3.05, 3.63) is 65.5 Å². The lowest BCUT2D eigenvalue weighted by Gasteiger charge is -2.11. The average molecular weight is 437 g/mol. The van der Waals surface area contributed by atoms with Gasteiger partial charge in [-0.3, -0.25) is 0 Å². The van der Waals surface area contributed by atoms with Crippen molar-refractivity contribution >= 4 is 16.0 Å². The number of ether oxygens (including phenoxy) is 1. The molecule has 0 aromatic heterocycles. The molecule has 0 fully saturated rings. The van der Waals surface area contributed by atoms with Crippen molar-refractivity contribution in [2.24, 2.45) is 4.99 Å². The fraction of sp³-hybridized carbons (Fsp3) is 0.381. The predicted octanol–water partition coefficient (Wildman–Crippen LogP) is 2.40. The summed E-state index contributed by atoms with van der Waals surface area (Å²) in [7, 11) is -2.07. The number of nitrogens with one attached hydrogen (secondary N) is 3. The van der Waals surface area contributed by atoms with E-state index in [1.54, 1.807) is 31.4 Å². The molecule has 0 aliphatic heterocycles. The largest absolute Gasteiger partial charge is 0.385 e. The zero-order chi connectivity index (χ0) is 21.8. The number of benzene rings is 2. The monoisotopic (exact) mass is 436 g/mol. The van der Waals surface area contributed by atoms with E-state index in [9.17, 15) is 12.8 Å². The molecule has 0 saturated carbocycles. The van der Waals surface area contributed by atoms with Gasteiger partial charge in [-0.05, 0) is 48.7 Å². The van der Waals surface area contributed by atoms with E-state index < -0.39 is 15.8 Å². The number of hydrogen-bond acceptors (Lipinski definition) is 4. The van der Waals surface area contributed by atoms with Crippen LogP contribution in [0.25, 0.3) is 0 Å². The highest BCUT2D eigenvalue weighted by atomic mass is 32.2. The number of aliphatic imine (C=N–C) groups is 1. The van der Waals surface area contributed by atoms with Crippen molar-refractivity contribution in [2.45, 2.75) is 31.3 Å². The molecule has 0 saturated heterocycles. The Morgan fingerprint density at radius 1 is 1.10 bits per heavy atom. The van der Waals surface area contributed by atoms with Crippen LogP contribution in [0.15, 0.2) is 58.4 Å². The molecule has 0 radical (unpaired) electrons. The smallest absolute Gasteiger partial charge is 0.240 e. The van der Waals surface area contributed by atoms with E-state index >= 15 is 0 Å². The summed E-state index contributed by atoms with van der Waals surface area (Å²) in [5.41, 5.74) is 1.31. The van der Waals surface area contributed by atoms with Crippen LogP contribution in [0.1, 0.15) is 24.5 Å². The maximum Gasteiger partial charge on any atom is 0.240 e. The number of guanidine groups is 1. The van der Waals surface area contributed by atoms with Crippen LogP contribution < -0.4 is 15.4 Å². The second-order valence-electron chi connectivity index (χ2n) is 6.57. The molecule has 0 unspecified atom stereocenters. The summed E-state index contributed by atoms with van der Waals surface area (Å²) >= 11 is 0. The fourth-order valence-electron chi connectivity index (χ4n) is 2.65. The molecule has 0 heterocycles. The van der Waals surface area contributed by atoms with Crippen molar-refractivity contribution in [3.8, 4) is 0 Å². The Morgan fingerprint density at radius 2 is 1.87 bits per heavy atom. The van der Waals surface area contributed by atoms with Gasteiger partial charge in [0.1, 0.15) is 5.82 Å². The van der Waals surface area contributed by atoms with Gasteiger partial charge in [0.25, 0.3) is 0 Å². The summed E-state index contributed by atoms with van der Waals surface area (Å²) in [6.45, 7) is 4.41. The van der Waals surface area contributed by atoms with E-state index in [-0.39, 0.29) is 11.4 Å². The van der Waals surface area contributed by atoms with Gasteiger partial charge >= 0.3 is 0 Å². The average Bonchev–Trinajstić information content (AvgIpc) is 2.74. The molecule has 2 rings (SSSR count). The molecule has 7 nitrogen and oxygen atoms in total. The van der Waals surface area contributed by atoms with Gasteiger partial charge in [0.15, 0.2) is 5.96 Å². The number of nitrogens with zero attached hydrogens (tertiary/aromatic N) is 1. The van der Waals surface area contributed by atoms with Gasteiger partial charge < -0.3 is 15.4 Å². The SMILES string of the molecule is CCNC(=NCc1cccc(S(=O)(=O)NCc2cccc(F)c2)c1)NCCCOC. The van der Waals surface area contributed by atoms with Crippen molar-refractivity contribution in [1.82, 2.24) is 15.4 Å². The minimum absolute atomic E-state index is 0.0123. The molecule has 2 aromatic rings. The van der Waals surface area contributed by atoms with Crippen molar-refractivity contribution in [2.75, 3.05) is 26.8 Å². The molecule has 0 spiro atoms. The molecule has 0 amide bonds. The molecular formula is C21H29FN4O3S. The van der Waals surface area contributed by atoms with Gasteiger partial charge in [-0.15, -0.1) is 0 Å². The number of methoxy groups -OCH3 is 1.